The molecule has 1 saturated heterocycles. The lowest BCUT2D eigenvalue weighted by molar-refractivity contribution is 0.126. The summed E-state index contributed by atoms with van der Waals surface area (Å²) in [6.45, 7) is 2.07. The van der Waals surface area contributed by atoms with Crippen LogP contribution in [0.15, 0.2) is 12.4 Å². The van der Waals surface area contributed by atoms with Crippen LogP contribution in [-0.4, -0.2) is 45.3 Å². The number of aliphatic hydroxyl groups is 1. The predicted octanol–water partition coefficient (Wildman–Crippen LogP) is 1.92. The van der Waals surface area contributed by atoms with Crippen LogP contribution in [0.5, 0.6) is 0 Å². The number of pyridine rings is 1. The van der Waals surface area contributed by atoms with Gasteiger partial charge in [-0.15, -0.1) is 0 Å². The van der Waals surface area contributed by atoms with Gasteiger partial charge in [-0.05, 0) is 38.5 Å². The maximum Gasteiger partial charge on any atom is 0.223 e. The van der Waals surface area contributed by atoms with E-state index >= 15 is 0 Å². The van der Waals surface area contributed by atoms with E-state index < -0.39 is 0 Å². The molecule has 0 atom stereocenters. The number of nitrogen functional groups attached to an aromatic ring is 1. The van der Waals surface area contributed by atoms with E-state index in [9.17, 15) is 5.11 Å². The Bertz CT molecular complexity index is 722. The van der Waals surface area contributed by atoms with Gasteiger partial charge in [-0.2, -0.15) is 0 Å². The van der Waals surface area contributed by atoms with Crippen LogP contribution >= 0.6 is 0 Å². The third-order valence-corrected chi connectivity index (χ3v) is 5.11. The van der Waals surface area contributed by atoms with Crippen molar-refractivity contribution in [2.24, 2.45) is 0 Å². The smallest absolute Gasteiger partial charge is 0.223 e. The Morgan fingerprint density at radius 1 is 1.08 bits per heavy atom. The number of anilines is 3. The van der Waals surface area contributed by atoms with Gasteiger partial charge in [-0.25, -0.2) is 15.0 Å². The lowest BCUT2D eigenvalue weighted by atomic mass is 9.93. The Morgan fingerprint density at radius 2 is 1.83 bits per heavy atom. The first-order valence-corrected chi connectivity index (χ1v) is 8.81. The van der Waals surface area contributed by atoms with Gasteiger partial charge in [-0.1, -0.05) is 0 Å². The van der Waals surface area contributed by atoms with E-state index in [1.807, 2.05) is 6.20 Å². The van der Waals surface area contributed by atoms with Crippen molar-refractivity contribution < 1.29 is 5.11 Å². The fourth-order valence-corrected chi connectivity index (χ4v) is 3.69. The molecule has 3 heterocycles. The van der Waals surface area contributed by atoms with Crippen molar-refractivity contribution in [3.8, 4) is 0 Å². The molecule has 7 heteroatoms. The summed E-state index contributed by atoms with van der Waals surface area (Å²) < 4.78 is 0. The third-order valence-electron chi connectivity index (χ3n) is 5.11. The van der Waals surface area contributed by atoms with Gasteiger partial charge in [-0.3, -0.25) is 0 Å². The van der Waals surface area contributed by atoms with E-state index in [4.69, 9.17) is 10.7 Å². The second-order valence-corrected chi connectivity index (χ2v) is 6.83. The van der Waals surface area contributed by atoms with E-state index in [1.54, 1.807) is 6.20 Å². The number of aliphatic hydroxyl groups excluding tert-OH is 1. The highest BCUT2D eigenvalue weighted by molar-refractivity contribution is 5.96. The van der Waals surface area contributed by atoms with Crippen molar-refractivity contribution in [1.82, 2.24) is 15.0 Å². The highest BCUT2D eigenvalue weighted by Gasteiger charge is 2.21. The van der Waals surface area contributed by atoms with E-state index in [0.717, 1.165) is 55.4 Å². The Balaban J connectivity index is 1.64. The molecule has 1 aliphatic carbocycles. The molecular formula is C17H24N6O. The van der Waals surface area contributed by atoms with Gasteiger partial charge in [0.15, 0.2) is 0 Å². The molecule has 0 amide bonds. The summed E-state index contributed by atoms with van der Waals surface area (Å²) in [7, 11) is 0. The number of nitrogens with two attached hydrogens (primary N) is 1. The van der Waals surface area contributed by atoms with Crippen LogP contribution in [0.25, 0.3) is 10.9 Å². The first kappa shape index (κ1) is 15.4. The minimum absolute atomic E-state index is 0.159. The zero-order chi connectivity index (χ0) is 16.5. The summed E-state index contributed by atoms with van der Waals surface area (Å²) in [5, 5.41) is 13.9. The number of aromatic nitrogens is 3. The van der Waals surface area contributed by atoms with Gasteiger partial charge in [0.2, 0.25) is 5.95 Å². The SMILES string of the molecule is Nc1ncc(N2CCCC2)c2nc(NC3CCC(O)CC3)ncc12. The van der Waals surface area contributed by atoms with Crippen molar-refractivity contribution in [3.63, 3.8) is 0 Å². The lowest BCUT2D eigenvalue weighted by Gasteiger charge is -2.26. The van der Waals surface area contributed by atoms with Crippen molar-refractivity contribution >= 4 is 28.4 Å². The quantitative estimate of drug-likeness (QED) is 0.791. The Hall–Kier alpha value is -2.15. The van der Waals surface area contributed by atoms with Crippen LogP contribution in [0.4, 0.5) is 17.5 Å². The minimum Gasteiger partial charge on any atom is -0.393 e. The number of nitrogens with one attached hydrogen (secondary N) is 1. The van der Waals surface area contributed by atoms with Crippen LogP contribution in [0, 0.1) is 0 Å². The molecule has 1 aliphatic heterocycles. The molecule has 1 saturated carbocycles. The second-order valence-electron chi connectivity index (χ2n) is 6.83. The van der Waals surface area contributed by atoms with Crippen molar-refractivity contribution in [2.45, 2.75) is 50.7 Å². The van der Waals surface area contributed by atoms with Crippen molar-refractivity contribution in [1.29, 1.82) is 0 Å². The normalized spacial score (nSPS) is 24.5. The van der Waals surface area contributed by atoms with Crippen LogP contribution in [0.1, 0.15) is 38.5 Å². The van der Waals surface area contributed by atoms with Crippen molar-refractivity contribution in [2.75, 3.05) is 29.0 Å². The molecule has 128 valence electrons. The van der Waals surface area contributed by atoms with Gasteiger partial charge < -0.3 is 21.1 Å². The standard InChI is InChI=1S/C17H24N6O/c18-16-13-9-20-17(21-11-3-5-12(24)6-4-11)22-15(13)14(10-19-16)23-7-1-2-8-23/h9-12,24H,1-8H2,(H2,18,19)(H,20,21,22). The molecule has 7 nitrogen and oxygen atoms in total. The van der Waals surface area contributed by atoms with E-state index in [-0.39, 0.29) is 6.10 Å². The van der Waals surface area contributed by atoms with E-state index in [2.05, 4.69) is 20.2 Å². The number of hydrogen-bond donors (Lipinski definition) is 3. The molecule has 0 spiro atoms. The molecule has 4 rings (SSSR count). The van der Waals surface area contributed by atoms with Crippen LogP contribution < -0.4 is 16.0 Å². The average molecular weight is 328 g/mol. The highest BCUT2D eigenvalue weighted by Crippen LogP contribution is 2.30. The summed E-state index contributed by atoms with van der Waals surface area (Å²) in [6.07, 6.45) is 9.40. The topological polar surface area (TPSA) is 100 Å². The monoisotopic (exact) mass is 328 g/mol. The number of fused-ring (bicyclic) bond motifs is 1. The van der Waals surface area contributed by atoms with Gasteiger partial charge in [0.1, 0.15) is 11.3 Å². The van der Waals surface area contributed by atoms with Crippen LogP contribution in [-0.2, 0) is 0 Å². The molecule has 24 heavy (non-hydrogen) atoms. The molecule has 0 radical (unpaired) electrons. The van der Waals surface area contributed by atoms with E-state index in [1.165, 1.54) is 12.8 Å². The fourth-order valence-electron chi connectivity index (χ4n) is 3.69. The minimum atomic E-state index is -0.159. The van der Waals surface area contributed by atoms with E-state index in [0.29, 0.717) is 17.8 Å². The summed E-state index contributed by atoms with van der Waals surface area (Å²) in [6, 6.07) is 0.320. The number of nitrogens with zero attached hydrogens (tertiary/aromatic N) is 4. The molecule has 2 aliphatic rings. The summed E-state index contributed by atoms with van der Waals surface area (Å²) in [4.78, 5) is 15.8. The van der Waals surface area contributed by atoms with Gasteiger partial charge in [0.05, 0.1) is 23.4 Å². The molecule has 0 bridgehead atoms. The molecule has 4 N–H and O–H groups in total. The molecular weight excluding hydrogens is 304 g/mol. The number of rotatable bonds is 3. The molecule has 2 fully saturated rings. The lowest BCUT2D eigenvalue weighted by Crippen LogP contribution is -2.29. The highest BCUT2D eigenvalue weighted by atomic mass is 16.3. The second kappa shape index (κ2) is 6.39. The van der Waals surface area contributed by atoms with Gasteiger partial charge >= 0.3 is 0 Å². The first-order chi connectivity index (χ1) is 11.7. The van der Waals surface area contributed by atoms with Crippen molar-refractivity contribution in [3.05, 3.63) is 12.4 Å². The molecule has 0 unspecified atom stereocenters. The fraction of sp³-hybridized carbons (Fsp3) is 0.588. The molecule has 2 aromatic rings. The van der Waals surface area contributed by atoms with Crippen LogP contribution in [0.2, 0.25) is 0 Å². The number of hydrogen-bond acceptors (Lipinski definition) is 7. The maximum atomic E-state index is 9.64. The zero-order valence-corrected chi connectivity index (χ0v) is 13.8. The molecule has 0 aromatic carbocycles. The summed E-state index contributed by atoms with van der Waals surface area (Å²) in [5.41, 5.74) is 7.93. The summed E-state index contributed by atoms with van der Waals surface area (Å²) >= 11 is 0. The first-order valence-electron chi connectivity index (χ1n) is 8.81. The Labute approximate surface area is 141 Å². The summed E-state index contributed by atoms with van der Waals surface area (Å²) in [5.74, 6) is 1.11. The predicted molar refractivity (Wildman–Crippen MR) is 95.1 cm³/mol. The molecule has 2 aromatic heterocycles. The zero-order valence-electron chi connectivity index (χ0n) is 13.8. The van der Waals surface area contributed by atoms with Gasteiger partial charge in [0.25, 0.3) is 0 Å². The third kappa shape index (κ3) is 2.96. The van der Waals surface area contributed by atoms with Crippen LogP contribution in [0.3, 0.4) is 0 Å². The maximum absolute atomic E-state index is 9.64. The Kier molecular flexibility index (Phi) is 4.10. The van der Waals surface area contributed by atoms with Gasteiger partial charge in [0, 0.05) is 25.3 Å². The largest absolute Gasteiger partial charge is 0.393 e. The Morgan fingerprint density at radius 3 is 2.58 bits per heavy atom. The average Bonchev–Trinajstić information content (AvgIpc) is 3.12.